The van der Waals surface area contributed by atoms with Crippen LogP contribution in [0.3, 0.4) is 0 Å². The maximum absolute atomic E-state index is 13.6. The molecule has 3 N–H and O–H groups in total. The van der Waals surface area contributed by atoms with Crippen LogP contribution in [0.4, 0.5) is 4.79 Å². The Morgan fingerprint density at radius 3 is 1.89 bits per heavy atom. The molecule has 11 nitrogen and oxygen atoms in total. The van der Waals surface area contributed by atoms with Gasteiger partial charge in [-0.25, -0.2) is 9.59 Å². The summed E-state index contributed by atoms with van der Waals surface area (Å²) in [5, 5.41) is 4.93. The average molecular weight is 667 g/mol. The Bertz CT molecular complexity index is 1530. The van der Waals surface area contributed by atoms with Crippen molar-refractivity contribution in [1.29, 1.82) is 0 Å². The Kier molecular flexibility index (Phi) is 13.7. The fourth-order valence-electron chi connectivity index (χ4n) is 4.49. The highest BCUT2D eigenvalue weighted by molar-refractivity contribution is 7.58. The molecule has 3 aromatic carbocycles. The van der Waals surface area contributed by atoms with Crippen LogP contribution >= 0.6 is 7.37 Å². The molecule has 3 rings (SSSR count). The van der Waals surface area contributed by atoms with Crippen LogP contribution in [0.25, 0.3) is 11.1 Å². The highest BCUT2D eigenvalue weighted by atomic mass is 31.2. The van der Waals surface area contributed by atoms with E-state index >= 15 is 0 Å². The molecule has 2 unspecified atom stereocenters. The molecule has 0 saturated carbocycles. The molecule has 12 heteroatoms. The molecule has 0 aliphatic heterocycles. The van der Waals surface area contributed by atoms with E-state index in [1.807, 2.05) is 72.8 Å². The van der Waals surface area contributed by atoms with Gasteiger partial charge in [-0.1, -0.05) is 98.8 Å². The number of hydrogen-bond acceptors (Lipinski definition) is 8. The minimum absolute atomic E-state index is 0.0253. The van der Waals surface area contributed by atoms with Crippen LogP contribution in [-0.2, 0) is 46.2 Å². The van der Waals surface area contributed by atoms with E-state index in [1.54, 1.807) is 26.0 Å². The normalized spacial score (nSPS) is 14.9. The average Bonchev–Trinajstić information content (AvgIpc) is 3.04. The van der Waals surface area contributed by atoms with Crippen molar-refractivity contribution in [2.24, 2.45) is 11.8 Å². The first kappa shape index (κ1) is 37.0. The lowest BCUT2D eigenvalue weighted by Gasteiger charge is -2.26. The van der Waals surface area contributed by atoms with Gasteiger partial charge in [0.25, 0.3) is 0 Å². The van der Waals surface area contributed by atoms with Gasteiger partial charge in [0, 0.05) is 13.1 Å². The summed E-state index contributed by atoms with van der Waals surface area (Å²) in [6.45, 7) is 7.41. The number of benzene rings is 3. The van der Waals surface area contributed by atoms with Crippen molar-refractivity contribution in [2.75, 3.05) is 6.16 Å². The molecule has 0 heterocycles. The van der Waals surface area contributed by atoms with E-state index in [4.69, 9.17) is 14.2 Å². The second-order valence-corrected chi connectivity index (χ2v) is 14.3. The van der Waals surface area contributed by atoms with Crippen molar-refractivity contribution in [3.63, 3.8) is 0 Å². The molecule has 0 spiro atoms. The van der Waals surface area contributed by atoms with Crippen LogP contribution in [-0.4, -0.2) is 53.1 Å². The number of amides is 2. The standard InChI is InChI=1S/C35H43N2O9P/c1-23(2)33(39)45-26(5)46-35(41)37-25(4)47(42,43)22-31(20-27-16-18-30(19-17-27)29-14-10-7-11-15-29)32(38)36-24(3)34(40)44-21-28-12-8-6-9-13-28/h6-19,23-26,31H,20-22H2,1-5H3,(H,36,38)(H,37,41)(H,42,43)/t24-,25+,26?,31+/m0/s1. The van der Waals surface area contributed by atoms with Crippen LogP contribution < -0.4 is 10.6 Å². The lowest BCUT2D eigenvalue weighted by atomic mass is 9.97. The number of esters is 2. The molecule has 0 saturated heterocycles. The Morgan fingerprint density at radius 2 is 1.30 bits per heavy atom. The van der Waals surface area contributed by atoms with Gasteiger partial charge in [0.15, 0.2) is 0 Å². The SMILES string of the molecule is CC(OC(=O)N[C@@H](C)P(=O)(O)C[C@@H](Cc1ccc(-c2ccccc2)cc1)C(=O)N[C@@H](C)C(=O)OCc1ccccc1)OC(=O)C(C)C. The number of rotatable bonds is 15. The molecule has 252 valence electrons. The predicted molar refractivity (Wildman–Crippen MR) is 177 cm³/mol. The van der Waals surface area contributed by atoms with E-state index in [2.05, 4.69) is 10.6 Å². The monoisotopic (exact) mass is 666 g/mol. The van der Waals surface area contributed by atoms with Gasteiger partial charge in [0.2, 0.25) is 19.6 Å². The number of nitrogens with one attached hydrogen (secondary N) is 2. The third-order valence-corrected chi connectivity index (χ3v) is 9.59. The number of hydrogen-bond donors (Lipinski definition) is 3. The maximum atomic E-state index is 13.6. The number of alkyl carbamates (subject to hydrolysis) is 1. The van der Waals surface area contributed by atoms with E-state index in [0.717, 1.165) is 22.3 Å². The summed E-state index contributed by atoms with van der Waals surface area (Å²) >= 11 is 0. The Morgan fingerprint density at radius 1 is 0.723 bits per heavy atom. The minimum atomic E-state index is -4.25. The van der Waals surface area contributed by atoms with Crippen molar-refractivity contribution in [2.45, 2.75) is 65.8 Å². The molecule has 0 bridgehead atoms. The lowest BCUT2D eigenvalue weighted by molar-refractivity contribution is -0.168. The topological polar surface area (TPSA) is 157 Å². The molecule has 0 aliphatic rings. The van der Waals surface area contributed by atoms with E-state index in [-0.39, 0.29) is 13.0 Å². The van der Waals surface area contributed by atoms with E-state index in [9.17, 15) is 28.6 Å². The Balaban J connectivity index is 1.71. The zero-order chi connectivity index (χ0) is 34.6. The summed E-state index contributed by atoms with van der Waals surface area (Å²) in [4.78, 5) is 61.5. The van der Waals surface area contributed by atoms with E-state index in [1.165, 1.54) is 20.8 Å². The summed E-state index contributed by atoms with van der Waals surface area (Å²) in [5.41, 5.74) is 3.48. The minimum Gasteiger partial charge on any atom is -0.459 e. The molecular weight excluding hydrogens is 623 g/mol. The Labute approximate surface area is 275 Å². The van der Waals surface area contributed by atoms with Crippen molar-refractivity contribution in [3.8, 4) is 11.1 Å². The van der Waals surface area contributed by atoms with Gasteiger partial charge in [-0.05, 0) is 42.5 Å². The zero-order valence-electron chi connectivity index (χ0n) is 27.3. The molecule has 0 radical (unpaired) electrons. The first-order chi connectivity index (χ1) is 22.2. The first-order valence-corrected chi connectivity index (χ1v) is 17.3. The van der Waals surface area contributed by atoms with Crippen molar-refractivity contribution in [1.82, 2.24) is 10.6 Å². The number of carbonyl (C=O) groups is 4. The van der Waals surface area contributed by atoms with E-state index < -0.39 is 67.4 Å². The Hall–Kier alpha value is -4.47. The third kappa shape index (κ3) is 12.0. The van der Waals surface area contributed by atoms with Gasteiger partial charge in [-0.15, -0.1) is 0 Å². The zero-order valence-corrected chi connectivity index (χ0v) is 28.1. The van der Waals surface area contributed by atoms with Crippen LogP contribution in [0, 0.1) is 11.8 Å². The molecule has 0 aliphatic carbocycles. The first-order valence-electron chi connectivity index (χ1n) is 15.4. The summed E-state index contributed by atoms with van der Waals surface area (Å²) in [6.07, 6.45) is -2.72. The van der Waals surface area contributed by atoms with Gasteiger partial charge in [-0.3, -0.25) is 14.2 Å². The molecule has 5 atom stereocenters. The van der Waals surface area contributed by atoms with Gasteiger partial charge >= 0.3 is 18.0 Å². The smallest absolute Gasteiger partial charge is 0.410 e. The lowest BCUT2D eigenvalue weighted by Crippen LogP contribution is -2.44. The molecular formula is C35H43N2O9P. The largest absolute Gasteiger partial charge is 0.459 e. The molecule has 0 fully saturated rings. The van der Waals surface area contributed by atoms with Crippen LogP contribution in [0.1, 0.15) is 45.7 Å². The summed E-state index contributed by atoms with van der Waals surface area (Å²) in [6, 6.07) is 25.2. The van der Waals surface area contributed by atoms with Gasteiger partial charge < -0.3 is 29.7 Å². The molecule has 47 heavy (non-hydrogen) atoms. The third-order valence-electron chi connectivity index (χ3n) is 7.29. The fraction of sp³-hybridized carbons (Fsp3) is 0.371. The van der Waals surface area contributed by atoms with E-state index in [0.29, 0.717) is 0 Å². The molecule has 0 aromatic heterocycles. The van der Waals surface area contributed by atoms with Gasteiger partial charge in [0.05, 0.1) is 11.8 Å². The number of ether oxygens (including phenoxy) is 3. The van der Waals surface area contributed by atoms with Crippen molar-refractivity contribution >= 4 is 31.3 Å². The van der Waals surface area contributed by atoms with Crippen LogP contribution in [0.5, 0.6) is 0 Å². The predicted octanol–water partition coefficient (Wildman–Crippen LogP) is 5.65. The molecule has 3 aromatic rings. The van der Waals surface area contributed by atoms with Gasteiger partial charge in [-0.2, -0.15) is 0 Å². The highest BCUT2D eigenvalue weighted by Crippen LogP contribution is 2.47. The highest BCUT2D eigenvalue weighted by Gasteiger charge is 2.36. The fourth-order valence-corrected chi connectivity index (χ4v) is 6.04. The summed E-state index contributed by atoms with van der Waals surface area (Å²) in [7, 11) is -4.25. The number of carbonyl (C=O) groups excluding carboxylic acids is 4. The van der Waals surface area contributed by atoms with Crippen LogP contribution in [0.2, 0.25) is 0 Å². The maximum Gasteiger partial charge on any atom is 0.410 e. The second kappa shape index (κ2) is 17.4. The quantitative estimate of drug-likeness (QED) is 0.106. The summed E-state index contributed by atoms with van der Waals surface area (Å²) < 4.78 is 28.9. The van der Waals surface area contributed by atoms with Crippen molar-refractivity contribution < 1.29 is 42.8 Å². The summed E-state index contributed by atoms with van der Waals surface area (Å²) in [5.74, 6) is -4.66. The van der Waals surface area contributed by atoms with Crippen molar-refractivity contribution in [3.05, 3.63) is 96.1 Å². The molecule has 2 amide bonds. The van der Waals surface area contributed by atoms with Gasteiger partial charge in [0.1, 0.15) is 18.4 Å². The second-order valence-electron chi connectivity index (χ2n) is 11.6. The van der Waals surface area contributed by atoms with Crippen LogP contribution in [0.15, 0.2) is 84.9 Å².